The van der Waals surface area contributed by atoms with Gasteiger partial charge in [0.2, 0.25) is 0 Å². The second-order valence-electron chi connectivity index (χ2n) is 4.41. The fourth-order valence-corrected chi connectivity index (χ4v) is 1.99. The number of anilines is 3. The van der Waals surface area contributed by atoms with Gasteiger partial charge in [0.25, 0.3) is 0 Å². The van der Waals surface area contributed by atoms with Crippen molar-refractivity contribution in [3.05, 3.63) is 35.9 Å². The van der Waals surface area contributed by atoms with E-state index in [1.165, 1.54) is 19.5 Å². The maximum Gasteiger partial charge on any atom is 0.148 e. The Hall–Kier alpha value is -2.41. The van der Waals surface area contributed by atoms with E-state index >= 15 is 0 Å². The fourth-order valence-electron chi connectivity index (χ4n) is 1.99. The number of rotatable bonds is 6. The third kappa shape index (κ3) is 3.38. The molecule has 0 amide bonds. The number of hydrogen-bond acceptors (Lipinski definition) is 6. The van der Waals surface area contributed by atoms with Gasteiger partial charge in [-0.3, -0.25) is 0 Å². The summed E-state index contributed by atoms with van der Waals surface area (Å²) in [7, 11) is 1.53. The summed E-state index contributed by atoms with van der Waals surface area (Å²) in [6.45, 7) is 2.03. The molecule has 21 heavy (non-hydrogen) atoms. The van der Waals surface area contributed by atoms with Gasteiger partial charge in [-0.1, -0.05) is 13.3 Å². The molecule has 0 fully saturated rings. The molecule has 0 aliphatic heterocycles. The van der Waals surface area contributed by atoms with Gasteiger partial charge in [0.1, 0.15) is 29.5 Å². The van der Waals surface area contributed by atoms with Crippen LogP contribution in [0.15, 0.2) is 24.5 Å². The van der Waals surface area contributed by atoms with Crippen molar-refractivity contribution < 1.29 is 9.13 Å². The van der Waals surface area contributed by atoms with Gasteiger partial charge >= 0.3 is 0 Å². The average molecular weight is 291 g/mol. The second kappa shape index (κ2) is 6.85. The fraction of sp³-hybridized carbons (Fsp3) is 0.286. The first-order chi connectivity index (χ1) is 10.2. The Kier molecular flexibility index (Phi) is 4.89. The highest BCUT2D eigenvalue weighted by Gasteiger charge is 2.12. The SMILES string of the molecule is CCCc1c(NN)ncnc1Nc1cc(OC)ccc1F. The van der Waals surface area contributed by atoms with Gasteiger partial charge < -0.3 is 15.5 Å². The molecule has 0 aliphatic carbocycles. The Bertz CT molecular complexity index is 620. The highest BCUT2D eigenvalue weighted by Crippen LogP contribution is 2.28. The molecule has 7 heteroatoms. The summed E-state index contributed by atoms with van der Waals surface area (Å²) in [4.78, 5) is 8.24. The van der Waals surface area contributed by atoms with Crippen LogP contribution in [-0.4, -0.2) is 17.1 Å². The lowest BCUT2D eigenvalue weighted by atomic mass is 10.1. The molecule has 0 aliphatic rings. The lowest BCUT2D eigenvalue weighted by Crippen LogP contribution is -2.13. The van der Waals surface area contributed by atoms with Gasteiger partial charge in [-0.25, -0.2) is 20.2 Å². The maximum atomic E-state index is 13.9. The predicted octanol–water partition coefficient (Wildman–Crippen LogP) is 2.61. The van der Waals surface area contributed by atoms with Crippen molar-refractivity contribution in [2.45, 2.75) is 19.8 Å². The second-order valence-corrected chi connectivity index (χ2v) is 4.41. The van der Waals surface area contributed by atoms with Crippen molar-refractivity contribution in [2.24, 2.45) is 5.84 Å². The number of hydrazine groups is 1. The zero-order chi connectivity index (χ0) is 15.2. The molecular formula is C14H18FN5O. The molecule has 6 nitrogen and oxygen atoms in total. The normalized spacial score (nSPS) is 10.3. The smallest absolute Gasteiger partial charge is 0.148 e. The molecule has 2 aromatic rings. The van der Waals surface area contributed by atoms with Crippen LogP contribution >= 0.6 is 0 Å². The summed E-state index contributed by atoms with van der Waals surface area (Å²) in [5.74, 6) is 6.67. The van der Waals surface area contributed by atoms with Crippen LogP contribution in [0.4, 0.5) is 21.7 Å². The summed E-state index contributed by atoms with van der Waals surface area (Å²) in [6.07, 6.45) is 2.97. The molecule has 1 aromatic heterocycles. The van der Waals surface area contributed by atoms with E-state index in [0.717, 1.165) is 12.0 Å². The summed E-state index contributed by atoms with van der Waals surface area (Å²) >= 11 is 0. The molecule has 1 heterocycles. The van der Waals surface area contributed by atoms with Gasteiger partial charge in [-0.05, 0) is 18.6 Å². The van der Waals surface area contributed by atoms with Gasteiger partial charge in [0.05, 0.1) is 12.8 Å². The maximum absolute atomic E-state index is 13.9. The lowest BCUT2D eigenvalue weighted by molar-refractivity contribution is 0.414. The first-order valence-corrected chi connectivity index (χ1v) is 6.60. The van der Waals surface area contributed by atoms with E-state index in [-0.39, 0.29) is 11.5 Å². The van der Waals surface area contributed by atoms with Gasteiger partial charge in [0, 0.05) is 11.6 Å². The number of benzene rings is 1. The van der Waals surface area contributed by atoms with E-state index in [0.29, 0.717) is 23.8 Å². The van der Waals surface area contributed by atoms with Crippen molar-refractivity contribution in [1.29, 1.82) is 0 Å². The summed E-state index contributed by atoms with van der Waals surface area (Å²) in [6, 6.07) is 4.47. The van der Waals surface area contributed by atoms with Crippen LogP contribution in [0.25, 0.3) is 0 Å². The van der Waals surface area contributed by atoms with Crippen molar-refractivity contribution in [1.82, 2.24) is 9.97 Å². The number of nitrogens with one attached hydrogen (secondary N) is 2. The van der Waals surface area contributed by atoms with E-state index in [4.69, 9.17) is 10.6 Å². The number of ether oxygens (including phenoxy) is 1. The zero-order valence-corrected chi connectivity index (χ0v) is 12.0. The molecule has 4 N–H and O–H groups in total. The molecule has 0 radical (unpaired) electrons. The number of hydrogen-bond donors (Lipinski definition) is 3. The van der Waals surface area contributed by atoms with Crippen molar-refractivity contribution in [2.75, 3.05) is 17.9 Å². The lowest BCUT2D eigenvalue weighted by Gasteiger charge is -2.14. The van der Waals surface area contributed by atoms with Gasteiger partial charge in [0.15, 0.2) is 0 Å². The third-order valence-corrected chi connectivity index (χ3v) is 3.01. The minimum atomic E-state index is -0.390. The molecular weight excluding hydrogens is 273 g/mol. The van der Waals surface area contributed by atoms with Crippen molar-refractivity contribution in [3.8, 4) is 5.75 Å². The van der Waals surface area contributed by atoms with Gasteiger partial charge in [-0.2, -0.15) is 0 Å². The first kappa shape index (κ1) is 15.0. The Morgan fingerprint density at radius 2 is 2.05 bits per heavy atom. The molecule has 1 aromatic carbocycles. The monoisotopic (exact) mass is 291 g/mol. The molecule has 0 saturated carbocycles. The summed E-state index contributed by atoms with van der Waals surface area (Å²) in [5, 5.41) is 2.97. The minimum absolute atomic E-state index is 0.286. The zero-order valence-electron chi connectivity index (χ0n) is 12.0. The Labute approximate surface area is 122 Å². The average Bonchev–Trinajstić information content (AvgIpc) is 2.51. The van der Waals surface area contributed by atoms with E-state index in [1.807, 2.05) is 6.92 Å². The molecule has 0 bridgehead atoms. The number of aromatic nitrogens is 2. The molecule has 2 rings (SSSR count). The largest absolute Gasteiger partial charge is 0.497 e. The Morgan fingerprint density at radius 1 is 1.29 bits per heavy atom. The van der Waals surface area contributed by atoms with E-state index in [2.05, 4.69) is 20.7 Å². The van der Waals surface area contributed by atoms with Crippen molar-refractivity contribution in [3.63, 3.8) is 0 Å². The predicted molar refractivity (Wildman–Crippen MR) is 80.1 cm³/mol. The Morgan fingerprint density at radius 3 is 2.71 bits per heavy atom. The molecule has 0 unspecified atom stereocenters. The highest BCUT2D eigenvalue weighted by atomic mass is 19.1. The number of nitrogens with zero attached hydrogens (tertiary/aromatic N) is 2. The quantitative estimate of drug-likeness (QED) is 0.560. The number of nitrogen functional groups attached to an aromatic ring is 1. The van der Waals surface area contributed by atoms with Crippen molar-refractivity contribution >= 4 is 17.3 Å². The number of methoxy groups -OCH3 is 1. The van der Waals surface area contributed by atoms with Crippen LogP contribution in [0.3, 0.4) is 0 Å². The van der Waals surface area contributed by atoms with E-state index < -0.39 is 0 Å². The van der Waals surface area contributed by atoms with Crippen LogP contribution in [0.5, 0.6) is 5.75 Å². The first-order valence-electron chi connectivity index (χ1n) is 6.60. The molecule has 0 saturated heterocycles. The van der Waals surface area contributed by atoms with E-state index in [9.17, 15) is 4.39 Å². The topological polar surface area (TPSA) is 85.1 Å². The third-order valence-electron chi connectivity index (χ3n) is 3.01. The Balaban J connectivity index is 2.39. The van der Waals surface area contributed by atoms with Crippen LogP contribution in [0.1, 0.15) is 18.9 Å². The minimum Gasteiger partial charge on any atom is -0.497 e. The standard InChI is InChI=1S/C14H18FN5O/c1-3-4-10-13(17-8-18-14(10)20-16)19-12-7-9(21-2)5-6-11(12)15/h5-8H,3-4,16H2,1-2H3,(H2,17,18,19,20). The van der Waals surface area contributed by atoms with Gasteiger partial charge in [-0.15, -0.1) is 0 Å². The van der Waals surface area contributed by atoms with Crippen LogP contribution in [-0.2, 0) is 6.42 Å². The summed E-state index contributed by atoms with van der Waals surface area (Å²) in [5.41, 5.74) is 3.63. The number of nitrogens with two attached hydrogens (primary N) is 1. The van der Waals surface area contributed by atoms with Crippen LogP contribution < -0.4 is 21.3 Å². The molecule has 0 spiro atoms. The number of halogens is 1. The van der Waals surface area contributed by atoms with Crippen LogP contribution in [0, 0.1) is 5.82 Å². The van der Waals surface area contributed by atoms with E-state index in [1.54, 1.807) is 12.1 Å². The molecule has 0 atom stereocenters. The van der Waals surface area contributed by atoms with Crippen LogP contribution in [0.2, 0.25) is 0 Å². The molecule has 112 valence electrons. The highest BCUT2D eigenvalue weighted by molar-refractivity contribution is 5.66. The summed E-state index contributed by atoms with van der Waals surface area (Å²) < 4.78 is 19.0.